The summed E-state index contributed by atoms with van der Waals surface area (Å²) >= 11 is 0. The Morgan fingerprint density at radius 2 is 1.95 bits per heavy atom. The molecular weight excluding hydrogens is 272 g/mol. The lowest BCUT2D eigenvalue weighted by atomic mass is 10.0. The summed E-state index contributed by atoms with van der Waals surface area (Å²) in [6.07, 6.45) is 6.93. The van der Waals surface area contributed by atoms with Gasteiger partial charge in [-0.05, 0) is 36.5 Å². The Morgan fingerprint density at radius 1 is 1.23 bits per heavy atom. The second kappa shape index (κ2) is 6.86. The van der Waals surface area contributed by atoms with Gasteiger partial charge in [-0.25, -0.2) is 4.99 Å². The summed E-state index contributed by atoms with van der Waals surface area (Å²) in [4.78, 5) is 9.14. The van der Waals surface area contributed by atoms with Crippen molar-refractivity contribution in [2.75, 3.05) is 31.1 Å². The summed E-state index contributed by atoms with van der Waals surface area (Å²) in [7, 11) is 0. The highest BCUT2D eigenvalue weighted by Gasteiger charge is 2.17. The molecule has 4 heteroatoms. The number of nitrogens with zero attached hydrogens (tertiary/aromatic N) is 3. The molecule has 22 heavy (non-hydrogen) atoms. The van der Waals surface area contributed by atoms with Crippen LogP contribution in [0.15, 0.2) is 41.4 Å². The van der Waals surface area contributed by atoms with E-state index in [4.69, 9.17) is 5.73 Å². The van der Waals surface area contributed by atoms with Crippen LogP contribution in [0, 0.1) is 5.92 Å². The summed E-state index contributed by atoms with van der Waals surface area (Å²) in [6, 6.07) is 8.67. The van der Waals surface area contributed by atoms with Crippen LogP contribution in [-0.2, 0) is 6.54 Å². The Labute approximate surface area is 133 Å². The third kappa shape index (κ3) is 3.62. The number of aliphatic imine (C=N–C) groups is 1. The van der Waals surface area contributed by atoms with Gasteiger partial charge in [-0.15, -0.1) is 0 Å². The van der Waals surface area contributed by atoms with Gasteiger partial charge in [-0.3, -0.25) is 0 Å². The molecule has 1 aromatic carbocycles. The molecule has 2 N–H and O–H groups in total. The molecule has 0 aromatic heterocycles. The molecule has 1 atom stereocenters. The highest BCUT2D eigenvalue weighted by Crippen LogP contribution is 2.18. The van der Waals surface area contributed by atoms with Crippen molar-refractivity contribution < 1.29 is 0 Å². The number of anilines is 1. The molecule has 0 saturated carbocycles. The largest absolute Gasteiger partial charge is 0.370 e. The molecule has 1 fully saturated rings. The topological polar surface area (TPSA) is 44.9 Å². The molecular formula is C18H26N4. The van der Waals surface area contributed by atoms with E-state index in [1.807, 2.05) is 0 Å². The number of benzene rings is 1. The van der Waals surface area contributed by atoms with Crippen LogP contribution in [-0.4, -0.2) is 37.0 Å². The lowest BCUT2D eigenvalue weighted by Gasteiger charge is -2.31. The molecule has 1 aromatic rings. The van der Waals surface area contributed by atoms with Gasteiger partial charge in [0, 0.05) is 31.9 Å². The van der Waals surface area contributed by atoms with E-state index in [9.17, 15) is 0 Å². The second-order valence-electron chi connectivity index (χ2n) is 6.41. The highest BCUT2D eigenvalue weighted by atomic mass is 15.3. The number of guanidine groups is 1. The zero-order valence-electron chi connectivity index (χ0n) is 13.4. The van der Waals surface area contributed by atoms with E-state index in [0.717, 1.165) is 32.1 Å². The summed E-state index contributed by atoms with van der Waals surface area (Å²) in [5.41, 5.74) is 8.63. The Kier molecular flexibility index (Phi) is 4.66. The Hall–Kier alpha value is -1.97. The van der Waals surface area contributed by atoms with Gasteiger partial charge in [0.2, 0.25) is 0 Å². The van der Waals surface area contributed by atoms with Crippen LogP contribution < -0.4 is 10.6 Å². The van der Waals surface area contributed by atoms with E-state index in [1.54, 1.807) is 0 Å². The molecule has 2 heterocycles. The Morgan fingerprint density at radius 3 is 2.64 bits per heavy atom. The third-order valence-corrected chi connectivity index (χ3v) is 4.52. The van der Waals surface area contributed by atoms with Gasteiger partial charge < -0.3 is 15.5 Å². The molecule has 1 saturated heterocycles. The standard InChI is InChI=1S/C18H26N4/c1-15-5-4-12-22(14-15)18(19)20-13-16-6-8-17(9-7-16)21-10-2-3-11-21/h2-3,6-9,15H,4-5,10-14H2,1H3,(H2,19,20). The van der Waals surface area contributed by atoms with Crippen molar-refractivity contribution in [1.82, 2.24) is 4.90 Å². The third-order valence-electron chi connectivity index (χ3n) is 4.52. The average Bonchev–Trinajstić information content (AvgIpc) is 3.07. The van der Waals surface area contributed by atoms with Crippen molar-refractivity contribution in [2.45, 2.75) is 26.3 Å². The molecule has 0 bridgehead atoms. The van der Waals surface area contributed by atoms with Gasteiger partial charge in [-0.1, -0.05) is 31.2 Å². The van der Waals surface area contributed by atoms with Crippen molar-refractivity contribution >= 4 is 11.6 Å². The lowest BCUT2D eigenvalue weighted by Crippen LogP contribution is -2.43. The van der Waals surface area contributed by atoms with E-state index in [2.05, 4.69) is 58.1 Å². The van der Waals surface area contributed by atoms with E-state index < -0.39 is 0 Å². The quantitative estimate of drug-likeness (QED) is 0.530. The van der Waals surface area contributed by atoms with Crippen LogP contribution in [0.5, 0.6) is 0 Å². The van der Waals surface area contributed by atoms with Gasteiger partial charge >= 0.3 is 0 Å². The minimum atomic E-state index is 0.662. The monoisotopic (exact) mass is 298 g/mol. The van der Waals surface area contributed by atoms with Gasteiger partial charge in [-0.2, -0.15) is 0 Å². The predicted molar refractivity (Wildman–Crippen MR) is 93.1 cm³/mol. The van der Waals surface area contributed by atoms with Gasteiger partial charge in [0.1, 0.15) is 0 Å². The van der Waals surface area contributed by atoms with Crippen molar-refractivity contribution in [3.63, 3.8) is 0 Å². The summed E-state index contributed by atoms with van der Waals surface area (Å²) in [5.74, 6) is 1.41. The van der Waals surface area contributed by atoms with E-state index >= 15 is 0 Å². The molecule has 2 aliphatic heterocycles. The fraction of sp³-hybridized carbons (Fsp3) is 0.500. The van der Waals surface area contributed by atoms with Crippen molar-refractivity contribution in [3.05, 3.63) is 42.0 Å². The molecule has 1 unspecified atom stereocenters. The maximum atomic E-state index is 6.15. The molecule has 0 radical (unpaired) electrons. The zero-order chi connectivity index (χ0) is 15.4. The number of piperidine rings is 1. The van der Waals surface area contributed by atoms with E-state index in [0.29, 0.717) is 12.5 Å². The van der Waals surface area contributed by atoms with Crippen LogP contribution in [0.1, 0.15) is 25.3 Å². The van der Waals surface area contributed by atoms with Gasteiger partial charge in [0.15, 0.2) is 5.96 Å². The van der Waals surface area contributed by atoms with Crippen LogP contribution in [0.3, 0.4) is 0 Å². The van der Waals surface area contributed by atoms with Crippen molar-refractivity contribution in [1.29, 1.82) is 0 Å². The minimum absolute atomic E-state index is 0.662. The van der Waals surface area contributed by atoms with Crippen LogP contribution in [0.2, 0.25) is 0 Å². The maximum absolute atomic E-state index is 6.15. The summed E-state index contributed by atoms with van der Waals surface area (Å²) in [5, 5.41) is 0. The van der Waals surface area contributed by atoms with E-state index in [1.165, 1.54) is 24.1 Å². The first-order valence-electron chi connectivity index (χ1n) is 8.26. The Bertz CT molecular complexity index is 539. The first-order chi connectivity index (χ1) is 10.7. The molecule has 3 rings (SSSR count). The molecule has 118 valence electrons. The zero-order valence-corrected chi connectivity index (χ0v) is 13.4. The number of likely N-dealkylation sites (tertiary alicyclic amines) is 1. The number of hydrogen-bond donors (Lipinski definition) is 1. The highest BCUT2D eigenvalue weighted by molar-refractivity contribution is 5.78. The normalized spacial score (nSPS) is 22.4. The minimum Gasteiger partial charge on any atom is -0.370 e. The molecule has 4 nitrogen and oxygen atoms in total. The molecule has 0 amide bonds. The first kappa shape index (κ1) is 14.9. The summed E-state index contributed by atoms with van der Waals surface area (Å²) in [6.45, 7) is 7.05. The number of rotatable bonds is 3. The Balaban J connectivity index is 1.57. The fourth-order valence-electron chi connectivity index (χ4n) is 3.17. The second-order valence-corrected chi connectivity index (χ2v) is 6.41. The summed E-state index contributed by atoms with van der Waals surface area (Å²) < 4.78 is 0. The maximum Gasteiger partial charge on any atom is 0.191 e. The molecule has 0 spiro atoms. The van der Waals surface area contributed by atoms with Gasteiger partial charge in [0.25, 0.3) is 0 Å². The van der Waals surface area contributed by atoms with Crippen LogP contribution in [0.4, 0.5) is 5.69 Å². The predicted octanol–water partition coefficient (Wildman–Crippen LogP) is 2.61. The number of hydrogen-bond acceptors (Lipinski definition) is 2. The average molecular weight is 298 g/mol. The lowest BCUT2D eigenvalue weighted by molar-refractivity contribution is 0.270. The van der Waals surface area contributed by atoms with Crippen LogP contribution in [0.25, 0.3) is 0 Å². The smallest absolute Gasteiger partial charge is 0.191 e. The first-order valence-corrected chi connectivity index (χ1v) is 8.26. The van der Waals surface area contributed by atoms with E-state index in [-0.39, 0.29) is 0 Å². The fourth-order valence-corrected chi connectivity index (χ4v) is 3.17. The van der Waals surface area contributed by atoms with Crippen molar-refractivity contribution in [2.24, 2.45) is 16.6 Å². The number of nitrogens with two attached hydrogens (primary N) is 1. The van der Waals surface area contributed by atoms with Crippen LogP contribution >= 0.6 is 0 Å². The molecule has 2 aliphatic rings. The van der Waals surface area contributed by atoms with Crippen molar-refractivity contribution in [3.8, 4) is 0 Å². The van der Waals surface area contributed by atoms with Gasteiger partial charge in [0.05, 0.1) is 6.54 Å². The SMILES string of the molecule is CC1CCCN(C(N)=NCc2ccc(N3CC=CC3)cc2)C1. The molecule has 0 aliphatic carbocycles.